The number of nitrogens with zero attached hydrogens (tertiary/aromatic N) is 3. The molecular weight excluding hydrogens is 352 g/mol. The fourth-order valence-corrected chi connectivity index (χ4v) is 3.74. The predicted octanol–water partition coefficient (Wildman–Crippen LogP) is 3.45. The number of carbonyl (C=O) groups is 2. The Labute approximate surface area is 164 Å². The fraction of sp³-hybridized carbons (Fsp3) is 0.318. The second-order valence-corrected chi connectivity index (χ2v) is 8.30. The number of para-hydroxylation sites is 1. The molecular formula is C22H24N4O2. The van der Waals surface area contributed by atoms with Crippen LogP contribution in [0.15, 0.2) is 48.7 Å². The smallest absolute Gasteiger partial charge is 0.294 e. The van der Waals surface area contributed by atoms with Gasteiger partial charge in [0, 0.05) is 23.5 Å². The molecule has 1 aliphatic rings. The Balaban J connectivity index is 1.80. The average molecular weight is 376 g/mol. The van der Waals surface area contributed by atoms with Gasteiger partial charge in [-0.05, 0) is 57.9 Å². The third-order valence-corrected chi connectivity index (χ3v) is 4.87. The number of pyridine rings is 1. The van der Waals surface area contributed by atoms with E-state index < -0.39 is 5.54 Å². The quantitative estimate of drug-likeness (QED) is 0.745. The van der Waals surface area contributed by atoms with E-state index in [1.807, 2.05) is 70.2 Å². The molecule has 6 heteroatoms. The maximum absolute atomic E-state index is 13.5. The first-order valence-electron chi connectivity index (χ1n) is 9.47. The minimum atomic E-state index is -0.394. The molecule has 1 atom stereocenters. The zero-order valence-corrected chi connectivity index (χ0v) is 16.6. The molecule has 1 N–H and O–H groups in total. The molecule has 144 valence electrons. The second-order valence-electron chi connectivity index (χ2n) is 8.30. The molecule has 4 rings (SSSR count). The topological polar surface area (TPSA) is 66.7 Å². The molecule has 1 aliphatic heterocycles. The lowest BCUT2D eigenvalue weighted by Crippen LogP contribution is -2.41. The molecule has 1 aromatic carbocycles. The van der Waals surface area contributed by atoms with Crippen molar-refractivity contribution in [2.45, 2.75) is 45.7 Å². The van der Waals surface area contributed by atoms with Crippen molar-refractivity contribution in [2.75, 3.05) is 4.90 Å². The monoisotopic (exact) mass is 376 g/mol. The van der Waals surface area contributed by atoms with Crippen LogP contribution in [0.1, 0.15) is 54.4 Å². The number of fused-ring (bicyclic) bond motifs is 2. The SMILES string of the molecule is CC1Cc2ccccc2N1C(=O)c1nc(C(=O)NC(C)(C)C)c2ccccn12. The maximum atomic E-state index is 13.5. The van der Waals surface area contributed by atoms with Crippen molar-refractivity contribution < 1.29 is 9.59 Å². The van der Waals surface area contributed by atoms with Gasteiger partial charge in [0.25, 0.3) is 11.8 Å². The Morgan fingerprint density at radius 1 is 1.11 bits per heavy atom. The highest BCUT2D eigenvalue weighted by atomic mass is 16.2. The maximum Gasteiger partial charge on any atom is 0.294 e. The highest BCUT2D eigenvalue weighted by molar-refractivity contribution is 6.08. The minimum absolute atomic E-state index is 0.0350. The van der Waals surface area contributed by atoms with E-state index in [-0.39, 0.29) is 29.4 Å². The standard InChI is InChI=1S/C22H24N4O2/c1-14-13-15-9-5-6-10-16(15)26(14)21(28)19-23-18(20(27)24-22(2,3)4)17-11-7-8-12-25(17)19/h5-12,14H,13H2,1-4H3,(H,24,27). The van der Waals surface area contributed by atoms with Gasteiger partial charge in [0.1, 0.15) is 0 Å². The number of aromatic nitrogens is 2. The number of imidazole rings is 1. The van der Waals surface area contributed by atoms with Gasteiger partial charge in [0.05, 0.1) is 5.52 Å². The van der Waals surface area contributed by atoms with E-state index in [0.717, 1.165) is 17.7 Å². The zero-order valence-electron chi connectivity index (χ0n) is 16.6. The largest absolute Gasteiger partial charge is 0.346 e. The van der Waals surface area contributed by atoms with E-state index in [1.165, 1.54) is 0 Å². The normalized spacial score (nSPS) is 16.3. The predicted molar refractivity (Wildman–Crippen MR) is 109 cm³/mol. The van der Waals surface area contributed by atoms with E-state index in [4.69, 9.17) is 0 Å². The number of rotatable bonds is 2. The number of benzene rings is 1. The first-order chi connectivity index (χ1) is 13.3. The Bertz CT molecular complexity index is 1080. The molecule has 0 radical (unpaired) electrons. The summed E-state index contributed by atoms with van der Waals surface area (Å²) in [6, 6.07) is 13.4. The summed E-state index contributed by atoms with van der Waals surface area (Å²) in [4.78, 5) is 32.5. The Morgan fingerprint density at radius 3 is 2.57 bits per heavy atom. The van der Waals surface area contributed by atoms with Gasteiger partial charge in [-0.1, -0.05) is 24.3 Å². The Morgan fingerprint density at radius 2 is 1.82 bits per heavy atom. The molecule has 0 aliphatic carbocycles. The van der Waals surface area contributed by atoms with Crippen molar-refractivity contribution in [3.05, 3.63) is 65.7 Å². The summed E-state index contributed by atoms with van der Waals surface area (Å²) in [5.74, 6) is -0.239. The molecule has 3 heterocycles. The third kappa shape index (κ3) is 3.05. The van der Waals surface area contributed by atoms with Gasteiger partial charge < -0.3 is 10.2 Å². The van der Waals surface area contributed by atoms with E-state index in [2.05, 4.69) is 10.3 Å². The summed E-state index contributed by atoms with van der Waals surface area (Å²) >= 11 is 0. The lowest BCUT2D eigenvalue weighted by molar-refractivity contribution is 0.0916. The van der Waals surface area contributed by atoms with E-state index in [9.17, 15) is 9.59 Å². The highest BCUT2D eigenvalue weighted by Crippen LogP contribution is 2.33. The summed E-state index contributed by atoms with van der Waals surface area (Å²) in [5.41, 5.74) is 2.55. The van der Waals surface area contributed by atoms with Crippen LogP contribution in [0.3, 0.4) is 0 Å². The molecule has 0 bridgehead atoms. The van der Waals surface area contributed by atoms with Crippen LogP contribution >= 0.6 is 0 Å². The number of carbonyl (C=O) groups excluding carboxylic acids is 2. The van der Waals surface area contributed by atoms with Gasteiger partial charge in [-0.25, -0.2) is 4.98 Å². The van der Waals surface area contributed by atoms with E-state index >= 15 is 0 Å². The molecule has 28 heavy (non-hydrogen) atoms. The van der Waals surface area contributed by atoms with Gasteiger partial charge in [0.15, 0.2) is 5.69 Å². The lowest BCUT2D eigenvalue weighted by Gasteiger charge is -2.22. The molecule has 6 nitrogen and oxygen atoms in total. The molecule has 2 aromatic heterocycles. The van der Waals surface area contributed by atoms with Gasteiger partial charge in [-0.3, -0.25) is 14.0 Å². The summed E-state index contributed by atoms with van der Waals surface area (Å²) in [7, 11) is 0. The van der Waals surface area contributed by atoms with E-state index in [1.54, 1.807) is 15.5 Å². The average Bonchev–Trinajstić information content (AvgIpc) is 3.17. The zero-order chi connectivity index (χ0) is 20.1. The van der Waals surface area contributed by atoms with Crippen LogP contribution in [-0.4, -0.2) is 32.8 Å². The second kappa shape index (κ2) is 6.48. The van der Waals surface area contributed by atoms with Crippen LogP contribution in [0.25, 0.3) is 5.52 Å². The van der Waals surface area contributed by atoms with Crippen molar-refractivity contribution >= 4 is 23.0 Å². The van der Waals surface area contributed by atoms with Crippen LogP contribution in [0, 0.1) is 0 Å². The van der Waals surface area contributed by atoms with E-state index in [0.29, 0.717) is 5.52 Å². The lowest BCUT2D eigenvalue weighted by atomic mass is 10.1. The van der Waals surface area contributed by atoms with Gasteiger partial charge in [0.2, 0.25) is 5.82 Å². The number of hydrogen-bond donors (Lipinski definition) is 1. The van der Waals surface area contributed by atoms with Crippen molar-refractivity contribution in [3.63, 3.8) is 0 Å². The van der Waals surface area contributed by atoms with Crippen LogP contribution in [0.2, 0.25) is 0 Å². The summed E-state index contributed by atoms with van der Waals surface area (Å²) in [6.45, 7) is 7.77. The van der Waals surface area contributed by atoms with Crippen LogP contribution in [0.4, 0.5) is 5.69 Å². The molecule has 0 fully saturated rings. The molecule has 0 saturated carbocycles. The molecule has 3 aromatic rings. The first kappa shape index (κ1) is 18.2. The molecule has 0 saturated heterocycles. The van der Waals surface area contributed by atoms with Crippen molar-refractivity contribution in [1.82, 2.24) is 14.7 Å². The minimum Gasteiger partial charge on any atom is -0.346 e. The Kier molecular flexibility index (Phi) is 4.22. The molecule has 2 amide bonds. The molecule has 0 spiro atoms. The van der Waals surface area contributed by atoms with Crippen LogP contribution in [-0.2, 0) is 6.42 Å². The van der Waals surface area contributed by atoms with Gasteiger partial charge in [-0.2, -0.15) is 0 Å². The number of nitrogens with one attached hydrogen (secondary N) is 1. The summed E-state index contributed by atoms with van der Waals surface area (Å²) < 4.78 is 1.70. The number of amides is 2. The van der Waals surface area contributed by atoms with Crippen molar-refractivity contribution in [1.29, 1.82) is 0 Å². The number of anilines is 1. The molecule has 1 unspecified atom stereocenters. The fourth-order valence-electron chi connectivity index (χ4n) is 3.74. The first-order valence-corrected chi connectivity index (χ1v) is 9.47. The number of hydrogen-bond acceptors (Lipinski definition) is 3. The van der Waals surface area contributed by atoms with Gasteiger partial charge >= 0.3 is 0 Å². The Hall–Kier alpha value is -3.15. The third-order valence-electron chi connectivity index (χ3n) is 4.87. The van der Waals surface area contributed by atoms with Crippen molar-refractivity contribution in [2.24, 2.45) is 0 Å². The highest BCUT2D eigenvalue weighted by Gasteiger charge is 2.34. The van der Waals surface area contributed by atoms with Gasteiger partial charge in [-0.15, -0.1) is 0 Å². The summed E-state index contributed by atoms with van der Waals surface area (Å²) in [6.07, 6.45) is 2.58. The summed E-state index contributed by atoms with van der Waals surface area (Å²) in [5, 5.41) is 2.93. The van der Waals surface area contributed by atoms with Crippen molar-refractivity contribution in [3.8, 4) is 0 Å². The van der Waals surface area contributed by atoms with Crippen LogP contribution in [0.5, 0.6) is 0 Å². The van der Waals surface area contributed by atoms with Crippen LogP contribution < -0.4 is 10.2 Å².